The maximum atomic E-state index is 11.3. The fourth-order valence-electron chi connectivity index (χ4n) is 1.03. The summed E-state index contributed by atoms with van der Waals surface area (Å²) in [5.41, 5.74) is 5.52. The first kappa shape index (κ1) is 13.9. The van der Waals surface area contributed by atoms with Crippen molar-refractivity contribution in [1.82, 2.24) is 0 Å². The van der Waals surface area contributed by atoms with E-state index in [0.717, 1.165) is 19.3 Å². The third kappa shape index (κ3) is 5.57. The number of hydrogen-bond donors (Lipinski definition) is 1. The van der Waals surface area contributed by atoms with Crippen LogP contribution >= 0.6 is 0 Å². The van der Waals surface area contributed by atoms with Gasteiger partial charge in [-0.05, 0) is 12.8 Å². The molecule has 0 aromatic heterocycles. The van der Waals surface area contributed by atoms with Gasteiger partial charge in [-0.3, -0.25) is 4.18 Å². The fraction of sp³-hybridized carbons (Fsp3) is 1.00. The zero-order chi connectivity index (χ0) is 11.0. The molecule has 0 rings (SSSR count). The van der Waals surface area contributed by atoms with Gasteiger partial charge in [0, 0.05) is 0 Å². The minimum absolute atomic E-state index is 0.226. The van der Waals surface area contributed by atoms with Crippen molar-refractivity contribution < 1.29 is 12.6 Å². The molecule has 86 valence electrons. The molecule has 0 aromatic rings. The van der Waals surface area contributed by atoms with Crippen LogP contribution in [0.15, 0.2) is 0 Å². The minimum atomic E-state index is -3.53. The van der Waals surface area contributed by atoms with Crippen molar-refractivity contribution in [3.05, 3.63) is 0 Å². The highest BCUT2D eigenvalue weighted by Crippen LogP contribution is 2.09. The Morgan fingerprint density at radius 1 is 1.21 bits per heavy atom. The van der Waals surface area contributed by atoms with E-state index in [4.69, 9.17) is 9.92 Å². The molecule has 2 N–H and O–H groups in total. The van der Waals surface area contributed by atoms with Gasteiger partial charge >= 0.3 is 0 Å². The molecule has 4 nitrogen and oxygen atoms in total. The lowest BCUT2D eigenvalue weighted by Crippen LogP contribution is -2.32. The Hall–Kier alpha value is -0.130. The summed E-state index contributed by atoms with van der Waals surface area (Å²) in [6, 6.07) is 0. The Kier molecular flexibility index (Phi) is 7.13. The van der Waals surface area contributed by atoms with Gasteiger partial charge in [-0.25, -0.2) is 0 Å². The Bertz CT molecular complexity index is 226. The number of hydrogen-bond acceptors (Lipinski definition) is 4. The van der Waals surface area contributed by atoms with E-state index in [0.29, 0.717) is 12.8 Å². The molecule has 0 aliphatic heterocycles. The van der Waals surface area contributed by atoms with Crippen molar-refractivity contribution in [3.8, 4) is 0 Å². The fourth-order valence-corrected chi connectivity index (χ4v) is 2.06. The van der Waals surface area contributed by atoms with E-state index >= 15 is 0 Å². The number of rotatable bonds is 8. The first-order valence-corrected chi connectivity index (χ1v) is 6.65. The molecule has 0 saturated heterocycles. The molecule has 0 fully saturated rings. The van der Waals surface area contributed by atoms with Crippen molar-refractivity contribution in [2.24, 2.45) is 5.73 Å². The van der Waals surface area contributed by atoms with Crippen LogP contribution in [0, 0.1) is 0 Å². The highest BCUT2D eigenvalue weighted by Gasteiger charge is 2.20. The summed E-state index contributed by atoms with van der Waals surface area (Å²) in [7, 11) is -3.53. The molecule has 0 saturated carbocycles. The van der Waals surface area contributed by atoms with E-state index in [2.05, 4.69) is 6.92 Å². The second-order valence-electron chi connectivity index (χ2n) is 3.35. The first-order chi connectivity index (χ1) is 6.54. The van der Waals surface area contributed by atoms with Crippen molar-refractivity contribution in [2.75, 3.05) is 6.61 Å². The summed E-state index contributed by atoms with van der Waals surface area (Å²) in [6.07, 6.45) is 4.08. The first-order valence-electron chi connectivity index (χ1n) is 5.18. The average Bonchev–Trinajstić information content (AvgIpc) is 2.15. The van der Waals surface area contributed by atoms with Gasteiger partial charge in [-0.15, -0.1) is 0 Å². The van der Waals surface area contributed by atoms with E-state index in [9.17, 15) is 8.42 Å². The van der Waals surface area contributed by atoms with Gasteiger partial charge in [0.2, 0.25) is 0 Å². The molecule has 5 heteroatoms. The highest BCUT2D eigenvalue weighted by molar-refractivity contribution is 7.87. The van der Waals surface area contributed by atoms with E-state index in [1.165, 1.54) is 0 Å². The Labute approximate surface area is 86.9 Å². The van der Waals surface area contributed by atoms with Gasteiger partial charge in [-0.2, -0.15) is 8.42 Å². The van der Waals surface area contributed by atoms with Crippen LogP contribution in [0.2, 0.25) is 0 Å². The summed E-state index contributed by atoms with van der Waals surface area (Å²) in [5, 5.41) is -0.861. The third-order valence-corrected chi connectivity index (χ3v) is 3.39. The molecule has 0 amide bonds. The van der Waals surface area contributed by atoms with Crippen LogP contribution in [0.4, 0.5) is 0 Å². The molecular weight excluding hydrogens is 202 g/mol. The van der Waals surface area contributed by atoms with Crippen molar-refractivity contribution in [2.45, 2.75) is 51.3 Å². The Balaban J connectivity index is 3.89. The quantitative estimate of drug-likeness (QED) is 0.501. The molecule has 0 heterocycles. The average molecular weight is 223 g/mol. The summed E-state index contributed by atoms with van der Waals surface area (Å²) >= 11 is 0. The van der Waals surface area contributed by atoms with Crippen LogP contribution in [-0.4, -0.2) is 20.4 Å². The highest BCUT2D eigenvalue weighted by atomic mass is 32.2. The van der Waals surface area contributed by atoms with Gasteiger partial charge in [0.05, 0.1) is 6.61 Å². The molecule has 0 aliphatic rings. The van der Waals surface area contributed by atoms with Crippen LogP contribution in [0.5, 0.6) is 0 Å². The number of nitrogens with two attached hydrogens (primary N) is 1. The lowest BCUT2D eigenvalue weighted by molar-refractivity contribution is 0.310. The summed E-state index contributed by atoms with van der Waals surface area (Å²) in [6.45, 7) is 4.15. The second kappa shape index (κ2) is 7.20. The SMILES string of the molecule is CCCCCC(N)S(=O)(=O)OCCC. The van der Waals surface area contributed by atoms with E-state index in [1.807, 2.05) is 6.92 Å². The van der Waals surface area contributed by atoms with Gasteiger partial charge in [0.1, 0.15) is 5.37 Å². The molecule has 0 aromatic carbocycles. The zero-order valence-corrected chi connectivity index (χ0v) is 9.85. The standard InChI is InChI=1S/C9H21NO3S/c1-3-5-6-7-9(10)14(11,12)13-8-4-2/h9H,3-8,10H2,1-2H3. The van der Waals surface area contributed by atoms with Crippen LogP contribution in [-0.2, 0) is 14.3 Å². The molecule has 1 atom stereocenters. The molecule has 14 heavy (non-hydrogen) atoms. The lowest BCUT2D eigenvalue weighted by Gasteiger charge is -2.11. The maximum Gasteiger partial charge on any atom is 0.283 e. The van der Waals surface area contributed by atoms with Crippen molar-refractivity contribution >= 4 is 10.1 Å². The molecule has 0 bridgehead atoms. The molecular formula is C9H21NO3S. The third-order valence-electron chi connectivity index (χ3n) is 1.91. The van der Waals surface area contributed by atoms with E-state index in [1.54, 1.807) is 0 Å². The molecule has 0 aliphatic carbocycles. The van der Waals surface area contributed by atoms with Crippen LogP contribution < -0.4 is 5.73 Å². The summed E-state index contributed by atoms with van der Waals surface area (Å²) < 4.78 is 27.4. The summed E-state index contributed by atoms with van der Waals surface area (Å²) in [5.74, 6) is 0. The van der Waals surface area contributed by atoms with E-state index < -0.39 is 15.5 Å². The van der Waals surface area contributed by atoms with Gasteiger partial charge in [-0.1, -0.05) is 33.1 Å². The predicted octanol–water partition coefficient (Wildman–Crippen LogP) is 1.61. The Morgan fingerprint density at radius 2 is 1.86 bits per heavy atom. The molecule has 0 radical (unpaired) electrons. The monoisotopic (exact) mass is 223 g/mol. The smallest absolute Gasteiger partial charge is 0.283 e. The molecule has 1 unspecified atom stereocenters. The normalized spacial score (nSPS) is 14.2. The van der Waals surface area contributed by atoms with Gasteiger partial charge < -0.3 is 5.73 Å². The van der Waals surface area contributed by atoms with Crippen LogP contribution in [0.3, 0.4) is 0 Å². The summed E-state index contributed by atoms with van der Waals surface area (Å²) in [4.78, 5) is 0. The van der Waals surface area contributed by atoms with Gasteiger partial charge in [0.25, 0.3) is 10.1 Å². The second-order valence-corrected chi connectivity index (χ2v) is 5.18. The largest absolute Gasteiger partial charge is 0.313 e. The lowest BCUT2D eigenvalue weighted by atomic mass is 10.2. The van der Waals surface area contributed by atoms with Gasteiger partial charge in [0.15, 0.2) is 0 Å². The Morgan fingerprint density at radius 3 is 2.36 bits per heavy atom. The van der Waals surface area contributed by atoms with Crippen molar-refractivity contribution in [3.63, 3.8) is 0 Å². The van der Waals surface area contributed by atoms with Crippen LogP contribution in [0.25, 0.3) is 0 Å². The minimum Gasteiger partial charge on any atom is -0.313 e. The topological polar surface area (TPSA) is 69.4 Å². The van der Waals surface area contributed by atoms with Crippen LogP contribution in [0.1, 0.15) is 46.0 Å². The zero-order valence-electron chi connectivity index (χ0n) is 9.03. The predicted molar refractivity (Wildman–Crippen MR) is 57.3 cm³/mol. The van der Waals surface area contributed by atoms with E-state index in [-0.39, 0.29) is 6.61 Å². The maximum absolute atomic E-state index is 11.3. The molecule has 0 spiro atoms. The number of unbranched alkanes of at least 4 members (excludes halogenated alkanes) is 2. The van der Waals surface area contributed by atoms with Crippen molar-refractivity contribution in [1.29, 1.82) is 0 Å².